The van der Waals surface area contributed by atoms with Crippen LogP contribution in [0, 0.1) is 0 Å². The molecular weight excluding hydrogens is 378 g/mol. The molecule has 6 nitrogen and oxygen atoms in total. The van der Waals surface area contributed by atoms with Crippen molar-refractivity contribution in [1.82, 2.24) is 4.90 Å². The third-order valence-electron chi connectivity index (χ3n) is 6.02. The number of piperazine rings is 1. The van der Waals surface area contributed by atoms with E-state index in [0.717, 1.165) is 44.0 Å². The summed E-state index contributed by atoms with van der Waals surface area (Å²) in [5, 5.41) is 2.95. The Hall–Kier alpha value is -2.86. The number of likely N-dealkylation sites (N-methyl/N-ethyl adjacent to an activating group) is 1. The Balaban J connectivity index is 1.41. The zero-order valence-electron chi connectivity index (χ0n) is 17.9. The summed E-state index contributed by atoms with van der Waals surface area (Å²) in [5.41, 5.74) is 2.39. The Morgan fingerprint density at radius 2 is 1.77 bits per heavy atom. The minimum absolute atomic E-state index is 0.0166. The minimum atomic E-state index is -0.818. The van der Waals surface area contributed by atoms with Crippen LogP contribution in [0.3, 0.4) is 0 Å². The van der Waals surface area contributed by atoms with Crippen LogP contribution in [-0.2, 0) is 11.2 Å². The van der Waals surface area contributed by atoms with Crippen LogP contribution in [0.15, 0.2) is 42.5 Å². The van der Waals surface area contributed by atoms with Crippen molar-refractivity contribution in [3.63, 3.8) is 0 Å². The number of carbonyl (C=O) groups is 2. The molecule has 1 amide bonds. The maximum atomic E-state index is 12.7. The number of carbonyl (C=O) groups excluding carboxylic acids is 2. The van der Waals surface area contributed by atoms with Crippen molar-refractivity contribution < 1.29 is 14.3 Å². The maximum absolute atomic E-state index is 12.7. The van der Waals surface area contributed by atoms with Crippen molar-refractivity contribution >= 4 is 23.1 Å². The van der Waals surface area contributed by atoms with E-state index in [-0.39, 0.29) is 18.1 Å². The van der Waals surface area contributed by atoms with Gasteiger partial charge in [-0.2, -0.15) is 0 Å². The lowest BCUT2D eigenvalue weighted by atomic mass is 9.92. The van der Waals surface area contributed by atoms with Crippen molar-refractivity contribution in [2.75, 3.05) is 42.9 Å². The number of benzene rings is 2. The first-order valence-electron chi connectivity index (χ1n) is 10.6. The third kappa shape index (κ3) is 4.19. The van der Waals surface area contributed by atoms with Crippen LogP contribution >= 0.6 is 0 Å². The number of hydrogen-bond acceptors (Lipinski definition) is 5. The van der Waals surface area contributed by atoms with Crippen LogP contribution in [0.25, 0.3) is 0 Å². The van der Waals surface area contributed by atoms with Gasteiger partial charge in [0.1, 0.15) is 5.75 Å². The lowest BCUT2D eigenvalue weighted by molar-refractivity contribution is -0.132. The Labute approximate surface area is 177 Å². The molecule has 4 rings (SSSR count). The molecule has 0 saturated carbocycles. The largest absolute Gasteiger partial charge is 0.480 e. The summed E-state index contributed by atoms with van der Waals surface area (Å²) >= 11 is 0. The highest BCUT2D eigenvalue weighted by Gasteiger charge is 2.35. The summed E-state index contributed by atoms with van der Waals surface area (Å²) < 4.78 is 5.78. The second kappa shape index (κ2) is 8.11. The number of anilines is 2. The van der Waals surface area contributed by atoms with Gasteiger partial charge in [0.25, 0.3) is 5.91 Å². The molecular formula is C24H29N3O3. The molecule has 30 heavy (non-hydrogen) atoms. The van der Waals surface area contributed by atoms with E-state index in [1.54, 1.807) is 32.0 Å². The number of hydrogen-bond donors (Lipinski definition) is 1. The van der Waals surface area contributed by atoms with E-state index in [2.05, 4.69) is 34.2 Å². The van der Waals surface area contributed by atoms with E-state index < -0.39 is 5.60 Å². The summed E-state index contributed by atoms with van der Waals surface area (Å²) in [6.45, 7) is 11.0. The first-order valence-corrected chi connectivity index (χ1v) is 10.6. The zero-order chi connectivity index (χ0) is 21.3. The molecule has 158 valence electrons. The van der Waals surface area contributed by atoms with Gasteiger partial charge in [0.2, 0.25) is 0 Å². The second-order valence-corrected chi connectivity index (χ2v) is 8.46. The first kappa shape index (κ1) is 20.4. The highest BCUT2D eigenvalue weighted by atomic mass is 16.5. The standard InChI is InChI=1S/C24H29N3O3/c1-4-26-11-13-27(14-12-26)20-8-6-19(7-9-20)25-23(29)17-5-10-21-18(15-17)16-22(28)24(2,3)30-21/h5-10,15H,4,11-14,16H2,1-3H3,(H,25,29). The smallest absolute Gasteiger partial charge is 0.255 e. The van der Waals surface area contributed by atoms with Gasteiger partial charge in [-0.15, -0.1) is 0 Å². The van der Waals surface area contributed by atoms with E-state index in [1.807, 2.05) is 12.1 Å². The van der Waals surface area contributed by atoms with E-state index in [0.29, 0.717) is 11.3 Å². The molecule has 0 atom stereocenters. The highest BCUT2D eigenvalue weighted by Crippen LogP contribution is 2.32. The number of amides is 1. The number of rotatable bonds is 4. The molecule has 0 unspecified atom stereocenters. The molecule has 0 radical (unpaired) electrons. The monoisotopic (exact) mass is 407 g/mol. The summed E-state index contributed by atoms with van der Waals surface area (Å²) in [6, 6.07) is 13.2. The molecule has 1 fully saturated rings. The number of nitrogens with one attached hydrogen (secondary N) is 1. The molecule has 0 aliphatic carbocycles. The second-order valence-electron chi connectivity index (χ2n) is 8.46. The third-order valence-corrected chi connectivity index (χ3v) is 6.02. The number of Topliss-reactive ketones (excluding diaryl/α,β-unsaturated/α-hetero) is 1. The van der Waals surface area contributed by atoms with Crippen molar-refractivity contribution in [3.05, 3.63) is 53.6 Å². The highest BCUT2D eigenvalue weighted by molar-refractivity contribution is 6.05. The zero-order valence-corrected chi connectivity index (χ0v) is 17.9. The van der Waals surface area contributed by atoms with Crippen molar-refractivity contribution in [1.29, 1.82) is 0 Å². The molecule has 0 bridgehead atoms. The van der Waals surface area contributed by atoms with Crippen LogP contribution in [0.5, 0.6) is 5.75 Å². The van der Waals surface area contributed by atoms with Gasteiger partial charge in [0, 0.05) is 55.1 Å². The van der Waals surface area contributed by atoms with Gasteiger partial charge in [-0.1, -0.05) is 6.92 Å². The number of fused-ring (bicyclic) bond motifs is 1. The van der Waals surface area contributed by atoms with Gasteiger partial charge in [-0.3, -0.25) is 9.59 Å². The lowest BCUT2D eigenvalue weighted by Gasteiger charge is -2.35. The van der Waals surface area contributed by atoms with Gasteiger partial charge in [0.05, 0.1) is 0 Å². The molecule has 0 spiro atoms. The topological polar surface area (TPSA) is 61.9 Å². The van der Waals surface area contributed by atoms with Gasteiger partial charge in [0.15, 0.2) is 11.4 Å². The molecule has 2 aromatic rings. The summed E-state index contributed by atoms with van der Waals surface area (Å²) in [4.78, 5) is 29.8. The number of ketones is 1. The van der Waals surface area contributed by atoms with Crippen LogP contribution < -0.4 is 15.0 Å². The fourth-order valence-electron chi connectivity index (χ4n) is 3.96. The molecule has 2 aromatic carbocycles. The van der Waals surface area contributed by atoms with Gasteiger partial charge in [-0.05, 0) is 62.9 Å². The van der Waals surface area contributed by atoms with E-state index in [9.17, 15) is 9.59 Å². The van der Waals surface area contributed by atoms with Crippen LogP contribution in [0.1, 0.15) is 36.7 Å². The Kier molecular flexibility index (Phi) is 5.52. The molecule has 0 aromatic heterocycles. The predicted octanol–water partition coefficient (Wildman–Crippen LogP) is 3.36. The molecule has 1 saturated heterocycles. The van der Waals surface area contributed by atoms with E-state index in [1.165, 1.54) is 5.69 Å². The van der Waals surface area contributed by atoms with Gasteiger partial charge in [-0.25, -0.2) is 0 Å². The van der Waals surface area contributed by atoms with E-state index >= 15 is 0 Å². The molecule has 1 N–H and O–H groups in total. The van der Waals surface area contributed by atoms with Crippen LogP contribution in [0.4, 0.5) is 11.4 Å². The fraction of sp³-hybridized carbons (Fsp3) is 0.417. The SMILES string of the molecule is CCN1CCN(c2ccc(NC(=O)c3ccc4c(c3)CC(=O)C(C)(C)O4)cc2)CC1. The lowest BCUT2D eigenvalue weighted by Crippen LogP contribution is -2.46. The fourth-order valence-corrected chi connectivity index (χ4v) is 3.96. The quantitative estimate of drug-likeness (QED) is 0.842. The Morgan fingerprint density at radius 3 is 2.43 bits per heavy atom. The maximum Gasteiger partial charge on any atom is 0.255 e. The predicted molar refractivity (Wildman–Crippen MR) is 119 cm³/mol. The molecule has 2 aliphatic heterocycles. The van der Waals surface area contributed by atoms with Crippen LogP contribution in [-0.4, -0.2) is 54.9 Å². The first-order chi connectivity index (χ1) is 14.4. The van der Waals surface area contributed by atoms with E-state index in [4.69, 9.17) is 4.74 Å². The summed E-state index contributed by atoms with van der Waals surface area (Å²) in [7, 11) is 0. The normalized spacial score (nSPS) is 18.5. The average molecular weight is 408 g/mol. The minimum Gasteiger partial charge on any atom is -0.480 e. The molecule has 6 heteroatoms. The number of nitrogens with zero attached hydrogens (tertiary/aromatic N) is 2. The summed E-state index contributed by atoms with van der Waals surface area (Å²) in [6.07, 6.45) is 0.281. The van der Waals surface area contributed by atoms with Crippen LogP contribution in [0.2, 0.25) is 0 Å². The molecule has 2 heterocycles. The summed E-state index contributed by atoms with van der Waals surface area (Å²) in [5.74, 6) is 0.492. The Morgan fingerprint density at radius 1 is 1.07 bits per heavy atom. The molecule has 2 aliphatic rings. The van der Waals surface area contributed by atoms with Crippen molar-refractivity contribution in [2.24, 2.45) is 0 Å². The van der Waals surface area contributed by atoms with Crippen molar-refractivity contribution in [3.8, 4) is 5.75 Å². The average Bonchev–Trinajstić information content (AvgIpc) is 2.74. The van der Waals surface area contributed by atoms with Gasteiger partial charge < -0.3 is 19.9 Å². The van der Waals surface area contributed by atoms with Crippen molar-refractivity contribution in [2.45, 2.75) is 32.8 Å². The number of ether oxygens (including phenoxy) is 1. The Bertz CT molecular complexity index is 945. The van der Waals surface area contributed by atoms with Gasteiger partial charge >= 0.3 is 0 Å².